The maximum Gasteiger partial charge on any atom is 0.255 e. The summed E-state index contributed by atoms with van der Waals surface area (Å²) in [6, 6.07) is 15.6. The van der Waals surface area contributed by atoms with Gasteiger partial charge in [0, 0.05) is 56.4 Å². The second kappa shape index (κ2) is 11.7. The third-order valence-corrected chi connectivity index (χ3v) is 7.85. The van der Waals surface area contributed by atoms with E-state index in [1.54, 1.807) is 0 Å². The Balaban J connectivity index is 1.33. The van der Waals surface area contributed by atoms with E-state index in [4.69, 9.17) is 0 Å². The van der Waals surface area contributed by atoms with E-state index in [0.717, 1.165) is 30.1 Å². The molecule has 0 saturated carbocycles. The Morgan fingerprint density at radius 3 is 2.31 bits per heavy atom. The molecule has 7 nitrogen and oxygen atoms in total. The number of carbonyl (C=O) groups is 3. The molecule has 8 heteroatoms. The average Bonchev–Trinajstić information content (AvgIpc) is 3.32. The number of anilines is 1. The number of nitrogens with zero attached hydrogens (tertiary/aromatic N) is 4. The van der Waals surface area contributed by atoms with Gasteiger partial charge in [0.15, 0.2) is 0 Å². The van der Waals surface area contributed by atoms with Gasteiger partial charge in [-0.05, 0) is 44.0 Å². The number of fused-ring (bicyclic) bond motifs is 1. The summed E-state index contributed by atoms with van der Waals surface area (Å²) in [7, 11) is 0. The van der Waals surface area contributed by atoms with Gasteiger partial charge in [0.1, 0.15) is 0 Å². The standard InChI is InChI=1S/C27H34N4O3S/c1-3-29(4-2)25(32)19-28-15-17-30(18-16-28)27(34)22-10-6-8-12-24(22)35-20-26(33)31-14-13-21-9-5-7-11-23(21)31/h5-12H,3-4,13-20H2,1-2H3. The van der Waals surface area contributed by atoms with Crippen molar-refractivity contribution in [2.24, 2.45) is 0 Å². The Hall–Kier alpha value is -2.84. The highest BCUT2D eigenvalue weighted by Gasteiger charge is 2.27. The van der Waals surface area contributed by atoms with Crippen molar-refractivity contribution in [2.75, 3.05) is 63.0 Å². The van der Waals surface area contributed by atoms with E-state index in [9.17, 15) is 14.4 Å². The molecule has 2 aromatic rings. The Kier molecular flexibility index (Phi) is 8.46. The quantitative estimate of drug-likeness (QED) is 0.528. The first-order chi connectivity index (χ1) is 17.0. The first-order valence-electron chi connectivity index (χ1n) is 12.4. The molecular formula is C27H34N4O3S. The minimum absolute atomic E-state index is 0.0122. The molecule has 0 aliphatic carbocycles. The molecule has 0 aromatic heterocycles. The van der Waals surface area contributed by atoms with E-state index in [-0.39, 0.29) is 17.7 Å². The van der Waals surface area contributed by atoms with E-state index in [0.29, 0.717) is 50.6 Å². The number of benzene rings is 2. The molecule has 0 atom stereocenters. The summed E-state index contributed by atoms with van der Waals surface area (Å²) in [6.45, 7) is 9.07. The fourth-order valence-electron chi connectivity index (χ4n) is 4.73. The van der Waals surface area contributed by atoms with Crippen molar-refractivity contribution in [3.63, 3.8) is 0 Å². The molecule has 0 N–H and O–H groups in total. The fraction of sp³-hybridized carbons (Fsp3) is 0.444. The van der Waals surface area contributed by atoms with Gasteiger partial charge in [-0.15, -0.1) is 11.8 Å². The molecule has 0 radical (unpaired) electrons. The van der Waals surface area contributed by atoms with Crippen LogP contribution in [0.2, 0.25) is 0 Å². The van der Waals surface area contributed by atoms with Gasteiger partial charge in [0.2, 0.25) is 11.8 Å². The van der Waals surface area contributed by atoms with E-state index < -0.39 is 0 Å². The molecule has 35 heavy (non-hydrogen) atoms. The van der Waals surface area contributed by atoms with Crippen molar-refractivity contribution >= 4 is 35.2 Å². The number of piperazine rings is 1. The van der Waals surface area contributed by atoms with Crippen molar-refractivity contribution in [3.05, 3.63) is 59.7 Å². The largest absolute Gasteiger partial charge is 0.342 e. The third kappa shape index (κ3) is 5.87. The van der Waals surface area contributed by atoms with Gasteiger partial charge in [0.05, 0.1) is 17.9 Å². The number of amides is 3. The molecule has 0 unspecified atom stereocenters. The van der Waals surface area contributed by atoms with Gasteiger partial charge in [-0.2, -0.15) is 0 Å². The summed E-state index contributed by atoms with van der Waals surface area (Å²) in [5.74, 6) is 0.483. The summed E-state index contributed by atoms with van der Waals surface area (Å²) < 4.78 is 0. The lowest BCUT2D eigenvalue weighted by Gasteiger charge is -2.35. The average molecular weight is 495 g/mol. The fourth-order valence-corrected chi connectivity index (χ4v) is 5.65. The van der Waals surface area contributed by atoms with Gasteiger partial charge >= 0.3 is 0 Å². The Bertz CT molecular complexity index is 1060. The Labute approximate surface area is 212 Å². The maximum absolute atomic E-state index is 13.3. The lowest BCUT2D eigenvalue weighted by molar-refractivity contribution is -0.132. The number of rotatable bonds is 8. The molecule has 2 aliphatic rings. The minimum atomic E-state index is -0.0122. The molecule has 3 amide bonds. The monoisotopic (exact) mass is 494 g/mol. The number of para-hydroxylation sites is 1. The van der Waals surface area contributed by atoms with Crippen molar-refractivity contribution in [3.8, 4) is 0 Å². The molecule has 186 valence electrons. The summed E-state index contributed by atoms with van der Waals surface area (Å²) in [5, 5.41) is 0. The molecule has 1 fully saturated rings. The molecule has 2 aliphatic heterocycles. The molecule has 2 heterocycles. The maximum atomic E-state index is 13.3. The van der Waals surface area contributed by atoms with Crippen LogP contribution in [0.5, 0.6) is 0 Å². The first-order valence-corrected chi connectivity index (χ1v) is 13.4. The smallest absolute Gasteiger partial charge is 0.255 e. The first kappa shape index (κ1) is 25.3. The Morgan fingerprint density at radius 1 is 0.886 bits per heavy atom. The van der Waals surface area contributed by atoms with E-state index in [2.05, 4.69) is 11.0 Å². The highest BCUT2D eigenvalue weighted by Crippen LogP contribution is 2.30. The number of hydrogen-bond acceptors (Lipinski definition) is 5. The number of thioether (sulfide) groups is 1. The van der Waals surface area contributed by atoms with E-state index in [1.165, 1.54) is 17.3 Å². The summed E-state index contributed by atoms with van der Waals surface area (Å²) >= 11 is 1.43. The van der Waals surface area contributed by atoms with Crippen LogP contribution < -0.4 is 4.90 Å². The predicted molar refractivity (Wildman–Crippen MR) is 140 cm³/mol. The van der Waals surface area contributed by atoms with Crippen LogP contribution in [-0.4, -0.2) is 90.5 Å². The summed E-state index contributed by atoms with van der Waals surface area (Å²) in [4.78, 5) is 47.2. The molecule has 4 rings (SSSR count). The topological polar surface area (TPSA) is 64.2 Å². The zero-order chi connectivity index (χ0) is 24.8. The van der Waals surface area contributed by atoms with Crippen molar-refractivity contribution < 1.29 is 14.4 Å². The van der Waals surface area contributed by atoms with Crippen molar-refractivity contribution in [2.45, 2.75) is 25.2 Å². The van der Waals surface area contributed by atoms with Crippen LogP contribution in [-0.2, 0) is 16.0 Å². The van der Waals surface area contributed by atoms with Crippen LogP contribution in [0.25, 0.3) is 0 Å². The molecule has 1 saturated heterocycles. The summed E-state index contributed by atoms with van der Waals surface area (Å²) in [5.41, 5.74) is 2.85. The normalized spacial score (nSPS) is 15.7. The van der Waals surface area contributed by atoms with E-state index >= 15 is 0 Å². The van der Waals surface area contributed by atoms with Crippen LogP contribution in [0.4, 0.5) is 5.69 Å². The van der Waals surface area contributed by atoms with E-state index in [1.807, 2.05) is 71.0 Å². The molecule has 0 bridgehead atoms. The van der Waals surface area contributed by atoms with Gasteiger partial charge in [-0.1, -0.05) is 30.3 Å². The van der Waals surface area contributed by atoms with Crippen LogP contribution in [0, 0.1) is 0 Å². The zero-order valence-electron chi connectivity index (χ0n) is 20.6. The molecule has 0 spiro atoms. The van der Waals surface area contributed by atoms with Gasteiger partial charge in [-0.25, -0.2) is 0 Å². The van der Waals surface area contributed by atoms with Crippen molar-refractivity contribution in [1.29, 1.82) is 0 Å². The highest BCUT2D eigenvalue weighted by molar-refractivity contribution is 8.00. The Morgan fingerprint density at radius 2 is 1.57 bits per heavy atom. The zero-order valence-corrected chi connectivity index (χ0v) is 21.4. The highest BCUT2D eigenvalue weighted by atomic mass is 32.2. The number of hydrogen-bond donors (Lipinski definition) is 0. The SMILES string of the molecule is CCN(CC)C(=O)CN1CCN(C(=O)c2ccccc2SCC(=O)N2CCc3ccccc32)CC1. The molecular weight excluding hydrogens is 460 g/mol. The van der Waals surface area contributed by atoms with Crippen LogP contribution in [0.15, 0.2) is 53.4 Å². The van der Waals surface area contributed by atoms with Crippen LogP contribution in [0.3, 0.4) is 0 Å². The van der Waals surface area contributed by atoms with Gasteiger partial charge in [-0.3, -0.25) is 19.3 Å². The second-order valence-electron chi connectivity index (χ2n) is 8.84. The minimum Gasteiger partial charge on any atom is -0.342 e. The number of likely N-dealkylation sites (N-methyl/N-ethyl adjacent to an activating group) is 1. The third-order valence-electron chi connectivity index (χ3n) is 6.79. The second-order valence-corrected chi connectivity index (χ2v) is 9.86. The lowest BCUT2D eigenvalue weighted by Crippen LogP contribution is -2.51. The lowest BCUT2D eigenvalue weighted by atomic mass is 10.2. The van der Waals surface area contributed by atoms with Gasteiger partial charge < -0.3 is 14.7 Å². The predicted octanol–water partition coefficient (Wildman–Crippen LogP) is 2.99. The number of carbonyl (C=O) groups excluding carboxylic acids is 3. The van der Waals surface area contributed by atoms with Crippen LogP contribution >= 0.6 is 11.8 Å². The van der Waals surface area contributed by atoms with Crippen molar-refractivity contribution in [1.82, 2.24) is 14.7 Å². The van der Waals surface area contributed by atoms with Gasteiger partial charge in [0.25, 0.3) is 5.91 Å². The molecule has 2 aromatic carbocycles. The summed E-state index contributed by atoms with van der Waals surface area (Å²) in [6.07, 6.45) is 0.883. The van der Waals surface area contributed by atoms with Crippen LogP contribution in [0.1, 0.15) is 29.8 Å².